The first-order chi connectivity index (χ1) is 15.4. The first-order valence-electron chi connectivity index (χ1n) is 10.2. The van der Waals surface area contributed by atoms with Gasteiger partial charge in [-0.1, -0.05) is 55.5 Å². The van der Waals surface area contributed by atoms with Crippen LogP contribution in [0.3, 0.4) is 0 Å². The fraction of sp³-hybridized carbons (Fsp3) is 0.208. The average molecular weight is 452 g/mol. The molecule has 1 aliphatic rings. The van der Waals surface area contributed by atoms with Crippen LogP contribution in [0, 0.1) is 5.82 Å². The van der Waals surface area contributed by atoms with Crippen molar-refractivity contribution in [2.24, 2.45) is 0 Å². The monoisotopic (exact) mass is 451 g/mol. The number of amides is 4. The lowest BCUT2D eigenvalue weighted by atomic mass is 9.87. The van der Waals surface area contributed by atoms with Crippen molar-refractivity contribution in [3.8, 4) is 0 Å². The lowest BCUT2D eigenvalue weighted by Gasteiger charge is -2.26. The molecule has 0 saturated carbocycles. The van der Waals surface area contributed by atoms with Crippen molar-refractivity contribution < 1.29 is 18.8 Å². The highest BCUT2D eigenvalue weighted by molar-refractivity contribution is 7.10. The molecule has 0 spiro atoms. The third kappa shape index (κ3) is 4.01. The molecule has 2 aromatic carbocycles. The van der Waals surface area contributed by atoms with E-state index in [1.807, 2.05) is 30.5 Å². The van der Waals surface area contributed by atoms with E-state index in [1.165, 1.54) is 23.5 Å². The Kier molecular flexibility index (Phi) is 6.05. The Morgan fingerprint density at radius 3 is 2.44 bits per heavy atom. The van der Waals surface area contributed by atoms with Gasteiger partial charge >= 0.3 is 6.03 Å². The predicted molar refractivity (Wildman–Crippen MR) is 119 cm³/mol. The van der Waals surface area contributed by atoms with Gasteiger partial charge < -0.3 is 10.6 Å². The van der Waals surface area contributed by atoms with Crippen molar-refractivity contribution >= 4 is 29.2 Å². The minimum atomic E-state index is -1.19. The van der Waals surface area contributed by atoms with Gasteiger partial charge in [0, 0.05) is 4.88 Å². The smallest absolute Gasteiger partial charge is 0.325 e. The maximum absolute atomic E-state index is 13.4. The maximum atomic E-state index is 13.4. The number of halogens is 1. The Morgan fingerprint density at radius 2 is 1.81 bits per heavy atom. The van der Waals surface area contributed by atoms with Gasteiger partial charge in [-0.2, -0.15) is 0 Å². The number of thiophene rings is 1. The molecule has 1 fully saturated rings. The highest BCUT2D eigenvalue weighted by atomic mass is 32.1. The second-order valence-corrected chi connectivity index (χ2v) is 8.49. The summed E-state index contributed by atoms with van der Waals surface area (Å²) in [6.07, 6.45) is 0.354. The van der Waals surface area contributed by atoms with E-state index >= 15 is 0 Å². The number of hydrogen-bond acceptors (Lipinski definition) is 4. The molecule has 0 radical (unpaired) electrons. The molecule has 3 aromatic rings. The molecule has 2 unspecified atom stereocenters. The number of hydrogen-bond donors (Lipinski definition) is 2. The number of carbonyl (C=O) groups is 3. The topological polar surface area (TPSA) is 78.5 Å². The van der Waals surface area contributed by atoms with Gasteiger partial charge in [0.2, 0.25) is 5.91 Å². The molecule has 0 bridgehead atoms. The molecule has 2 N–H and O–H groups in total. The van der Waals surface area contributed by atoms with Crippen LogP contribution in [0.25, 0.3) is 0 Å². The van der Waals surface area contributed by atoms with Crippen molar-refractivity contribution in [2.75, 3.05) is 6.54 Å². The van der Waals surface area contributed by atoms with E-state index in [4.69, 9.17) is 0 Å². The van der Waals surface area contributed by atoms with Crippen molar-refractivity contribution in [3.63, 3.8) is 0 Å². The van der Waals surface area contributed by atoms with Crippen LogP contribution in [0.15, 0.2) is 72.1 Å². The van der Waals surface area contributed by atoms with Crippen molar-refractivity contribution in [1.82, 2.24) is 15.5 Å². The zero-order valence-corrected chi connectivity index (χ0v) is 18.2. The van der Waals surface area contributed by atoms with Crippen LogP contribution >= 0.6 is 11.3 Å². The summed E-state index contributed by atoms with van der Waals surface area (Å²) < 4.78 is 13.4. The summed E-state index contributed by atoms with van der Waals surface area (Å²) in [6.45, 7) is 1.40. The number of imide groups is 1. The third-order valence-electron chi connectivity index (χ3n) is 5.61. The van der Waals surface area contributed by atoms with Crippen LogP contribution in [0.5, 0.6) is 0 Å². The Labute approximate surface area is 189 Å². The predicted octanol–water partition coefficient (Wildman–Crippen LogP) is 3.95. The second-order valence-electron chi connectivity index (χ2n) is 7.51. The maximum Gasteiger partial charge on any atom is 0.325 e. The Bertz CT molecular complexity index is 1120. The van der Waals surface area contributed by atoms with Gasteiger partial charge in [0.05, 0.1) is 6.04 Å². The van der Waals surface area contributed by atoms with Crippen LogP contribution in [0.2, 0.25) is 0 Å². The van der Waals surface area contributed by atoms with Crippen molar-refractivity contribution in [3.05, 3.63) is 93.9 Å². The van der Waals surface area contributed by atoms with Crippen LogP contribution < -0.4 is 10.6 Å². The standard InChI is InChI=1S/C24H22FN3O3S/c1-2-24(17-7-4-3-5-8-17)22(30)28(23(31)27-24)15-20(29)26-21(19-9-6-14-32-19)16-10-12-18(25)13-11-16/h3-14,21H,2,15H2,1H3,(H,26,29)(H,27,31). The fourth-order valence-corrected chi connectivity index (χ4v) is 4.71. The molecule has 1 aromatic heterocycles. The van der Waals surface area contributed by atoms with Gasteiger partial charge in [-0.15, -0.1) is 11.3 Å². The number of benzene rings is 2. The van der Waals surface area contributed by atoms with Crippen LogP contribution in [0.1, 0.15) is 35.4 Å². The minimum Gasteiger partial charge on any atom is -0.343 e. The molecule has 1 aliphatic heterocycles. The summed E-state index contributed by atoms with van der Waals surface area (Å²) in [5.41, 5.74) is 0.182. The quantitative estimate of drug-likeness (QED) is 0.534. The highest BCUT2D eigenvalue weighted by Gasteiger charge is 2.51. The molecule has 8 heteroatoms. The van der Waals surface area contributed by atoms with Gasteiger partial charge in [-0.25, -0.2) is 9.18 Å². The number of urea groups is 1. The van der Waals surface area contributed by atoms with Gasteiger partial charge in [0.15, 0.2) is 0 Å². The minimum absolute atomic E-state index is 0.354. The average Bonchev–Trinajstić information content (AvgIpc) is 3.42. The molecule has 164 valence electrons. The number of nitrogens with zero attached hydrogens (tertiary/aromatic N) is 1. The summed E-state index contributed by atoms with van der Waals surface area (Å²) in [5.74, 6) is -1.32. The Morgan fingerprint density at radius 1 is 1.09 bits per heavy atom. The summed E-state index contributed by atoms with van der Waals surface area (Å²) >= 11 is 1.45. The van der Waals surface area contributed by atoms with Crippen LogP contribution in [0.4, 0.5) is 9.18 Å². The van der Waals surface area contributed by atoms with E-state index in [0.717, 1.165) is 9.78 Å². The molecule has 0 aliphatic carbocycles. The Balaban J connectivity index is 1.54. The summed E-state index contributed by atoms with van der Waals surface area (Å²) in [4.78, 5) is 40.6. The van der Waals surface area contributed by atoms with Crippen LogP contribution in [-0.4, -0.2) is 29.3 Å². The number of rotatable bonds is 7. The van der Waals surface area contributed by atoms with Gasteiger partial charge in [0.1, 0.15) is 17.9 Å². The highest BCUT2D eigenvalue weighted by Crippen LogP contribution is 2.32. The summed E-state index contributed by atoms with van der Waals surface area (Å²) in [6, 6.07) is 17.5. The molecular formula is C24H22FN3O3S. The van der Waals surface area contributed by atoms with E-state index in [2.05, 4.69) is 10.6 Å². The van der Waals surface area contributed by atoms with E-state index in [9.17, 15) is 18.8 Å². The molecule has 4 amide bonds. The second kappa shape index (κ2) is 8.92. The molecule has 2 atom stereocenters. The molecule has 2 heterocycles. The Hall–Kier alpha value is -3.52. The van der Waals surface area contributed by atoms with E-state index in [1.54, 1.807) is 36.4 Å². The molecule has 6 nitrogen and oxygen atoms in total. The van der Waals surface area contributed by atoms with E-state index < -0.39 is 36.0 Å². The molecule has 1 saturated heterocycles. The SMILES string of the molecule is CCC1(c2ccccc2)NC(=O)N(CC(=O)NC(c2ccc(F)cc2)c2cccs2)C1=O. The first-order valence-corrected chi connectivity index (χ1v) is 11.1. The summed E-state index contributed by atoms with van der Waals surface area (Å²) in [7, 11) is 0. The fourth-order valence-electron chi connectivity index (χ4n) is 3.91. The zero-order valence-electron chi connectivity index (χ0n) is 17.4. The van der Waals surface area contributed by atoms with Gasteiger partial charge in [-0.05, 0) is 41.1 Å². The summed E-state index contributed by atoms with van der Waals surface area (Å²) in [5, 5.41) is 7.54. The van der Waals surface area contributed by atoms with Gasteiger partial charge in [-0.3, -0.25) is 14.5 Å². The first kappa shape index (κ1) is 21.7. The van der Waals surface area contributed by atoms with Crippen molar-refractivity contribution in [2.45, 2.75) is 24.9 Å². The lowest BCUT2D eigenvalue weighted by molar-refractivity contribution is -0.135. The van der Waals surface area contributed by atoms with E-state index in [-0.39, 0.29) is 5.82 Å². The van der Waals surface area contributed by atoms with Crippen LogP contribution in [-0.2, 0) is 15.1 Å². The number of nitrogens with one attached hydrogen (secondary N) is 2. The van der Waals surface area contributed by atoms with Crippen molar-refractivity contribution in [1.29, 1.82) is 0 Å². The van der Waals surface area contributed by atoms with E-state index in [0.29, 0.717) is 17.5 Å². The zero-order chi connectivity index (χ0) is 22.7. The lowest BCUT2D eigenvalue weighted by Crippen LogP contribution is -2.45. The van der Waals surface area contributed by atoms with Gasteiger partial charge in [0.25, 0.3) is 5.91 Å². The molecule has 4 rings (SSSR count). The normalized spacial score (nSPS) is 19.0. The molecular weight excluding hydrogens is 429 g/mol. The third-order valence-corrected chi connectivity index (χ3v) is 6.55. The largest absolute Gasteiger partial charge is 0.343 e. The number of carbonyl (C=O) groups excluding carboxylic acids is 3. The molecule has 32 heavy (non-hydrogen) atoms.